The number of Topliss-reactive ketones (excluding diaryl/α,β-unsaturated/α-hetero) is 1. The molecule has 1 heterocycles. The minimum absolute atomic E-state index is 0.0145. The van der Waals surface area contributed by atoms with Crippen LogP contribution >= 0.6 is 0 Å². The van der Waals surface area contributed by atoms with Crippen LogP contribution in [0, 0.1) is 34.5 Å². The van der Waals surface area contributed by atoms with Crippen LogP contribution in [0.1, 0.15) is 47.5 Å². The van der Waals surface area contributed by atoms with Crippen molar-refractivity contribution in [3.63, 3.8) is 0 Å². The van der Waals surface area contributed by atoms with Gasteiger partial charge in [0.2, 0.25) is 5.60 Å². The van der Waals surface area contributed by atoms with Crippen LogP contribution in [0.2, 0.25) is 0 Å². The third kappa shape index (κ3) is 2.00. The number of fused-ring (bicyclic) bond motifs is 3. The molecule has 2 bridgehead atoms. The van der Waals surface area contributed by atoms with Gasteiger partial charge in [0.05, 0.1) is 11.5 Å². The molecule has 0 radical (unpaired) electrons. The second kappa shape index (κ2) is 5.42. The third-order valence-corrected chi connectivity index (χ3v) is 8.66. The van der Waals surface area contributed by atoms with E-state index in [0.717, 1.165) is 6.42 Å². The van der Waals surface area contributed by atoms with Gasteiger partial charge in [-0.15, -0.1) is 0 Å². The van der Waals surface area contributed by atoms with E-state index in [9.17, 15) is 19.5 Å². The molecule has 1 N–H and O–H groups in total. The quantitative estimate of drug-likeness (QED) is 0.529. The molecule has 2 spiro atoms. The Kier molecular flexibility index (Phi) is 3.57. The van der Waals surface area contributed by atoms with Crippen LogP contribution in [0.15, 0.2) is 11.6 Å². The molecule has 1 aliphatic heterocycles. The summed E-state index contributed by atoms with van der Waals surface area (Å²) < 4.78 is 17.1. The van der Waals surface area contributed by atoms with Crippen molar-refractivity contribution < 1.29 is 33.7 Å². The molecule has 9 atom stereocenters. The number of aliphatic hydroxyl groups excluding tert-OH is 1. The van der Waals surface area contributed by atoms with E-state index in [2.05, 4.69) is 13.8 Å². The molecule has 0 amide bonds. The van der Waals surface area contributed by atoms with Gasteiger partial charge in [0.15, 0.2) is 18.0 Å². The van der Waals surface area contributed by atoms with E-state index in [1.54, 1.807) is 13.8 Å². The largest absolute Gasteiger partial charge is 0.509 e. The van der Waals surface area contributed by atoms with Gasteiger partial charge >= 0.3 is 12.1 Å². The van der Waals surface area contributed by atoms with Crippen molar-refractivity contribution in [1.29, 1.82) is 0 Å². The van der Waals surface area contributed by atoms with Crippen LogP contribution in [0.4, 0.5) is 4.79 Å². The number of esters is 1. The molecule has 1 saturated heterocycles. The van der Waals surface area contributed by atoms with Crippen LogP contribution in [-0.4, -0.2) is 46.9 Å². The second-order valence-corrected chi connectivity index (χ2v) is 10.3. The van der Waals surface area contributed by atoms with Gasteiger partial charge in [-0.2, -0.15) is 0 Å². The number of ketones is 1. The summed E-state index contributed by atoms with van der Waals surface area (Å²) in [7, 11) is 0. The highest BCUT2D eigenvalue weighted by molar-refractivity contribution is 5.95. The summed E-state index contributed by atoms with van der Waals surface area (Å²) in [5, 5.41) is 11.3. The fourth-order valence-corrected chi connectivity index (χ4v) is 7.38. The summed E-state index contributed by atoms with van der Waals surface area (Å²) in [5.74, 6) is -1.31. The summed E-state index contributed by atoms with van der Waals surface area (Å²) in [6.07, 6.45) is -0.521. The van der Waals surface area contributed by atoms with Crippen molar-refractivity contribution in [3.8, 4) is 0 Å². The second-order valence-electron chi connectivity index (χ2n) is 10.3. The zero-order valence-corrected chi connectivity index (χ0v) is 17.4. The predicted molar refractivity (Wildman–Crippen MR) is 99.5 cm³/mol. The molecule has 4 aliphatic carbocycles. The van der Waals surface area contributed by atoms with Crippen LogP contribution < -0.4 is 0 Å². The van der Waals surface area contributed by atoms with Crippen molar-refractivity contribution in [2.45, 2.75) is 71.4 Å². The molecule has 5 aliphatic rings. The third-order valence-electron chi connectivity index (χ3n) is 8.66. The van der Waals surface area contributed by atoms with Gasteiger partial charge in [0.25, 0.3) is 0 Å². The summed E-state index contributed by atoms with van der Waals surface area (Å²) in [6.45, 7) is 9.19. The topological polar surface area (TPSA) is 99.1 Å². The van der Waals surface area contributed by atoms with Gasteiger partial charge in [0.1, 0.15) is 0 Å². The maximum atomic E-state index is 14.2. The highest BCUT2D eigenvalue weighted by atomic mass is 16.8. The van der Waals surface area contributed by atoms with E-state index >= 15 is 0 Å². The van der Waals surface area contributed by atoms with Crippen molar-refractivity contribution in [3.05, 3.63) is 11.6 Å². The minimum atomic E-state index is -1.47. The zero-order valence-electron chi connectivity index (χ0n) is 17.4. The van der Waals surface area contributed by atoms with Crippen LogP contribution in [0.5, 0.6) is 0 Å². The lowest BCUT2D eigenvalue weighted by molar-refractivity contribution is -0.176. The zero-order chi connectivity index (χ0) is 21.1. The highest BCUT2D eigenvalue weighted by Gasteiger charge is 2.81. The molecule has 0 unspecified atom stereocenters. The van der Waals surface area contributed by atoms with Crippen molar-refractivity contribution >= 4 is 17.9 Å². The van der Waals surface area contributed by atoms with Crippen molar-refractivity contribution in [2.75, 3.05) is 0 Å². The lowest BCUT2D eigenvalue weighted by Gasteiger charge is -2.44. The summed E-state index contributed by atoms with van der Waals surface area (Å²) in [4.78, 5) is 38.5. The van der Waals surface area contributed by atoms with Gasteiger partial charge in [0, 0.05) is 18.8 Å². The maximum absolute atomic E-state index is 14.2. The highest BCUT2D eigenvalue weighted by Crippen LogP contribution is 2.72. The number of aliphatic hydroxyl groups is 1. The minimum Gasteiger partial charge on any atom is -0.454 e. The standard InChI is InChI=1S/C22H28O7/c1-9-8-21-7-6-12-14(20(12,4)5)13(16(21)25)15(24)10(2)18-22(21,29-19(26)28-18)17(9)27-11(3)23/h8,10,12-15,17-18,24H,6-7H2,1-5H3/t10-,12+,13+,14+,15+,17-,18+,21+,22+/m0/s1. The first kappa shape index (κ1) is 19.1. The lowest BCUT2D eigenvalue weighted by Crippen LogP contribution is -2.62. The molecular formula is C22H28O7. The number of ether oxygens (including phenoxy) is 3. The lowest BCUT2D eigenvalue weighted by atomic mass is 9.63. The number of carbonyl (C=O) groups is 3. The van der Waals surface area contributed by atoms with Crippen LogP contribution in [0.3, 0.4) is 0 Å². The van der Waals surface area contributed by atoms with E-state index in [4.69, 9.17) is 14.2 Å². The summed E-state index contributed by atoms with van der Waals surface area (Å²) in [5.41, 5.74) is -1.95. The maximum Gasteiger partial charge on any atom is 0.509 e. The molecule has 0 aromatic heterocycles. The van der Waals surface area contributed by atoms with E-state index in [-0.39, 0.29) is 17.1 Å². The summed E-state index contributed by atoms with van der Waals surface area (Å²) in [6, 6.07) is 0. The number of carbonyl (C=O) groups excluding carboxylic acids is 3. The molecule has 3 saturated carbocycles. The van der Waals surface area contributed by atoms with Gasteiger partial charge in [-0.05, 0) is 42.6 Å². The summed E-state index contributed by atoms with van der Waals surface area (Å²) >= 11 is 0. The van der Waals surface area contributed by atoms with E-state index in [0.29, 0.717) is 17.9 Å². The van der Waals surface area contributed by atoms with Crippen LogP contribution in [-0.2, 0) is 23.8 Å². The first-order valence-corrected chi connectivity index (χ1v) is 10.5. The van der Waals surface area contributed by atoms with Gasteiger partial charge in [-0.25, -0.2) is 4.79 Å². The molecule has 0 aromatic carbocycles. The predicted octanol–water partition coefficient (Wildman–Crippen LogP) is 2.40. The Hall–Kier alpha value is -1.89. The smallest absolute Gasteiger partial charge is 0.454 e. The van der Waals surface area contributed by atoms with E-state index in [1.165, 1.54) is 6.92 Å². The average molecular weight is 404 g/mol. The van der Waals surface area contributed by atoms with Gasteiger partial charge in [-0.1, -0.05) is 26.8 Å². The number of hydrogen-bond donors (Lipinski definition) is 1. The van der Waals surface area contributed by atoms with E-state index in [1.807, 2.05) is 6.08 Å². The van der Waals surface area contributed by atoms with Crippen LogP contribution in [0.25, 0.3) is 0 Å². The number of rotatable bonds is 1. The molecule has 7 heteroatoms. The Morgan fingerprint density at radius 1 is 1.31 bits per heavy atom. The average Bonchev–Trinajstić information content (AvgIpc) is 2.92. The molecule has 4 fully saturated rings. The SMILES string of the molecule is CC(=O)O[C@H]1C(C)=C[C@]23CC[C@@H]4[C@H]([C@@H](C2=O)[C@H](O)[C@H](C)[C@H]2OC(=O)O[C@@]213)C4(C)C. The number of hydrogen-bond acceptors (Lipinski definition) is 7. The van der Waals surface area contributed by atoms with Crippen molar-refractivity contribution in [1.82, 2.24) is 0 Å². The van der Waals surface area contributed by atoms with Gasteiger partial charge < -0.3 is 19.3 Å². The Labute approximate surface area is 169 Å². The first-order chi connectivity index (χ1) is 13.5. The fraction of sp³-hybridized carbons (Fsp3) is 0.773. The van der Waals surface area contributed by atoms with Gasteiger partial charge in [-0.3, -0.25) is 9.59 Å². The molecular weight excluding hydrogens is 376 g/mol. The van der Waals surface area contributed by atoms with Crippen molar-refractivity contribution in [2.24, 2.45) is 34.5 Å². The normalized spacial score (nSPS) is 51.4. The molecule has 0 aromatic rings. The molecule has 7 nitrogen and oxygen atoms in total. The Balaban J connectivity index is 1.75. The monoisotopic (exact) mass is 404 g/mol. The molecule has 5 rings (SSSR count). The Morgan fingerprint density at radius 3 is 2.66 bits per heavy atom. The fourth-order valence-electron chi connectivity index (χ4n) is 7.38. The van der Waals surface area contributed by atoms with E-state index < -0.39 is 53.3 Å². The first-order valence-electron chi connectivity index (χ1n) is 10.5. The molecule has 29 heavy (non-hydrogen) atoms. The Bertz CT molecular complexity index is 859. The Morgan fingerprint density at radius 2 is 2.00 bits per heavy atom. The molecule has 158 valence electrons.